The molecule has 0 aliphatic rings. The molecule has 0 radical (unpaired) electrons. The summed E-state index contributed by atoms with van der Waals surface area (Å²) in [5.41, 5.74) is 0. The quantitative estimate of drug-likeness (QED) is 0.0222. The zero-order valence-electron chi connectivity index (χ0n) is 69.0. The van der Waals surface area contributed by atoms with Gasteiger partial charge in [-0.2, -0.15) is 0 Å². The van der Waals surface area contributed by atoms with Crippen molar-refractivity contribution in [1.29, 1.82) is 0 Å². The maximum atomic E-state index is 13.2. The molecule has 7 atom stereocenters. The second-order valence-corrected chi connectivity index (χ2v) is 34.3. The first-order valence-electron chi connectivity index (χ1n) is 44.6. The zero-order valence-corrected chi connectivity index (χ0v) is 70.8. The van der Waals surface area contributed by atoms with Crippen LogP contribution in [0.1, 0.15) is 459 Å². The third kappa shape index (κ3) is 77.2. The Kier molecular flexibility index (Phi) is 76.0. The van der Waals surface area contributed by atoms with Crippen LogP contribution in [-0.2, 0) is 65.4 Å². The Morgan fingerprint density at radius 2 is 0.457 bits per heavy atom. The Morgan fingerprint density at radius 1 is 0.267 bits per heavy atom. The van der Waals surface area contributed by atoms with Crippen molar-refractivity contribution >= 4 is 39.5 Å². The second-order valence-electron chi connectivity index (χ2n) is 31.4. The summed E-state index contributed by atoms with van der Waals surface area (Å²) < 4.78 is 68.9. The normalized spacial score (nSPS) is 14.3. The first-order chi connectivity index (χ1) is 50.9. The Bertz CT molecular complexity index is 2010. The van der Waals surface area contributed by atoms with Crippen LogP contribution in [0.3, 0.4) is 0 Å². The van der Waals surface area contributed by atoms with Crippen molar-refractivity contribution in [2.45, 2.75) is 477 Å². The van der Waals surface area contributed by atoms with E-state index in [4.69, 9.17) is 37.0 Å². The molecule has 17 nitrogen and oxygen atoms in total. The summed E-state index contributed by atoms with van der Waals surface area (Å²) >= 11 is 0. The Labute approximate surface area is 645 Å². The Balaban J connectivity index is 5.27. The minimum Gasteiger partial charge on any atom is -0.462 e. The molecule has 0 saturated carbocycles. The molecule has 19 heteroatoms. The van der Waals surface area contributed by atoms with E-state index in [-0.39, 0.29) is 25.7 Å². The number of phosphoric ester groups is 2. The van der Waals surface area contributed by atoms with Crippen LogP contribution in [0, 0.1) is 11.8 Å². The summed E-state index contributed by atoms with van der Waals surface area (Å²) in [5.74, 6) is -0.473. The molecule has 0 aliphatic heterocycles. The zero-order chi connectivity index (χ0) is 77.1. The summed E-state index contributed by atoms with van der Waals surface area (Å²) in [4.78, 5) is 73.3. The molecular weight excluding hydrogens is 1370 g/mol. The molecule has 0 aromatic heterocycles. The lowest BCUT2D eigenvalue weighted by atomic mass is 9.99. The van der Waals surface area contributed by atoms with Crippen molar-refractivity contribution in [3.05, 3.63) is 0 Å². The fraction of sp³-hybridized carbons (Fsp3) is 0.953. The molecule has 0 bridgehead atoms. The van der Waals surface area contributed by atoms with Crippen LogP contribution in [0.4, 0.5) is 0 Å². The predicted octanol–water partition coefficient (Wildman–Crippen LogP) is 26.2. The van der Waals surface area contributed by atoms with Crippen molar-refractivity contribution in [3.8, 4) is 0 Å². The number of aliphatic hydroxyl groups excluding tert-OH is 1. The van der Waals surface area contributed by atoms with Crippen LogP contribution in [0.15, 0.2) is 0 Å². The summed E-state index contributed by atoms with van der Waals surface area (Å²) in [6.07, 6.45) is 69.2. The molecule has 0 fully saturated rings. The van der Waals surface area contributed by atoms with E-state index < -0.39 is 97.5 Å². The van der Waals surface area contributed by atoms with E-state index in [1.807, 2.05) is 0 Å². The highest BCUT2D eigenvalue weighted by Crippen LogP contribution is 2.45. The average molecular weight is 1540 g/mol. The SMILES string of the molecule is CCCCCCCCCCCCCCCCCCCCCC(=O)O[C@H](COC(=O)CCCCCCCCCCCCCCCCC(C)CC)COP(=O)(O)OC[C@@H](O)COP(=O)(O)OC[C@@H](COC(=O)CCCCCCCCCCC(C)CC)OC(=O)CCCCCCCCCCCCCCCCCC. The van der Waals surface area contributed by atoms with E-state index >= 15 is 0 Å². The van der Waals surface area contributed by atoms with Gasteiger partial charge in [0.2, 0.25) is 0 Å². The smallest absolute Gasteiger partial charge is 0.462 e. The fourth-order valence-corrected chi connectivity index (χ4v) is 14.9. The standard InChI is InChI=1S/C86H168O17P2/c1-7-11-13-15-17-19-21-23-25-27-28-29-31-37-41-45-53-59-65-71-85(90)102-81(74-96-83(88)68-62-56-50-43-39-35-33-32-34-38-42-48-54-60-66-78(5)9-3)76-100-104(92,93)98-72-80(87)73-99-105(94,95)101-77-82(75-97-84(89)69-63-57-51-47-46-49-55-61-67-79(6)10-4)103-86(91)70-64-58-52-44-40-36-30-26-24-22-20-18-16-14-12-8-2/h78-82,87H,7-77H2,1-6H3,(H,92,93)(H,94,95)/t78?,79?,80-,81-,82-/m1/s1. The minimum absolute atomic E-state index is 0.108. The number of esters is 4. The van der Waals surface area contributed by atoms with Crippen LogP contribution in [-0.4, -0.2) is 96.7 Å². The average Bonchev–Trinajstić information content (AvgIpc) is 0.914. The maximum Gasteiger partial charge on any atom is 0.472 e. The summed E-state index contributed by atoms with van der Waals surface area (Å²) in [7, 11) is -9.93. The van der Waals surface area contributed by atoms with Gasteiger partial charge in [0, 0.05) is 25.7 Å². The monoisotopic (exact) mass is 1540 g/mol. The van der Waals surface area contributed by atoms with Crippen molar-refractivity contribution < 1.29 is 80.2 Å². The number of hydrogen-bond acceptors (Lipinski definition) is 15. The number of aliphatic hydroxyl groups is 1. The predicted molar refractivity (Wildman–Crippen MR) is 432 cm³/mol. The van der Waals surface area contributed by atoms with Crippen LogP contribution in [0.5, 0.6) is 0 Å². The van der Waals surface area contributed by atoms with E-state index in [1.165, 1.54) is 276 Å². The van der Waals surface area contributed by atoms with Crippen LogP contribution >= 0.6 is 15.6 Å². The second kappa shape index (κ2) is 77.4. The van der Waals surface area contributed by atoms with Gasteiger partial charge in [0.1, 0.15) is 19.3 Å². The van der Waals surface area contributed by atoms with Crippen LogP contribution < -0.4 is 0 Å². The highest BCUT2D eigenvalue weighted by atomic mass is 31.2. The van der Waals surface area contributed by atoms with Gasteiger partial charge in [-0.25, -0.2) is 9.13 Å². The number of carbonyl (C=O) groups is 4. The van der Waals surface area contributed by atoms with Gasteiger partial charge in [-0.3, -0.25) is 37.3 Å². The van der Waals surface area contributed by atoms with Crippen molar-refractivity contribution in [1.82, 2.24) is 0 Å². The number of hydrogen-bond donors (Lipinski definition) is 3. The molecule has 624 valence electrons. The van der Waals surface area contributed by atoms with E-state index in [0.29, 0.717) is 25.7 Å². The van der Waals surface area contributed by atoms with Gasteiger partial charge < -0.3 is 33.8 Å². The van der Waals surface area contributed by atoms with Gasteiger partial charge in [-0.05, 0) is 37.5 Å². The van der Waals surface area contributed by atoms with Crippen molar-refractivity contribution in [3.63, 3.8) is 0 Å². The molecule has 3 N–H and O–H groups in total. The summed E-state index contributed by atoms with van der Waals surface area (Å²) in [6.45, 7) is 9.74. The molecule has 0 aliphatic carbocycles. The number of carbonyl (C=O) groups excluding carboxylic acids is 4. The minimum atomic E-state index is -4.97. The number of phosphoric acid groups is 2. The Morgan fingerprint density at radius 3 is 0.676 bits per heavy atom. The molecule has 105 heavy (non-hydrogen) atoms. The van der Waals surface area contributed by atoms with E-state index in [2.05, 4.69) is 41.5 Å². The molecular formula is C86H168O17P2. The van der Waals surface area contributed by atoms with E-state index in [1.54, 1.807) is 0 Å². The highest BCUT2D eigenvalue weighted by molar-refractivity contribution is 7.47. The molecule has 0 heterocycles. The van der Waals surface area contributed by atoms with Crippen LogP contribution in [0.2, 0.25) is 0 Å². The van der Waals surface area contributed by atoms with Gasteiger partial charge in [-0.15, -0.1) is 0 Å². The lowest BCUT2D eigenvalue weighted by molar-refractivity contribution is -0.161. The van der Waals surface area contributed by atoms with E-state index in [9.17, 15) is 43.2 Å². The maximum absolute atomic E-state index is 13.2. The van der Waals surface area contributed by atoms with Crippen molar-refractivity contribution in [2.24, 2.45) is 11.8 Å². The van der Waals surface area contributed by atoms with Gasteiger partial charge in [-0.1, -0.05) is 408 Å². The molecule has 0 saturated heterocycles. The van der Waals surface area contributed by atoms with Gasteiger partial charge in [0.15, 0.2) is 12.2 Å². The van der Waals surface area contributed by atoms with E-state index in [0.717, 1.165) is 102 Å². The molecule has 0 aromatic carbocycles. The molecule has 0 rings (SSSR count). The molecule has 4 unspecified atom stereocenters. The molecule has 0 amide bonds. The first-order valence-corrected chi connectivity index (χ1v) is 47.6. The largest absolute Gasteiger partial charge is 0.472 e. The Hall–Kier alpha value is -1.94. The third-order valence-electron chi connectivity index (χ3n) is 20.9. The first kappa shape index (κ1) is 103. The summed E-state index contributed by atoms with van der Waals surface area (Å²) in [6, 6.07) is 0. The number of ether oxygens (including phenoxy) is 4. The highest BCUT2D eigenvalue weighted by Gasteiger charge is 2.30. The van der Waals surface area contributed by atoms with Crippen LogP contribution in [0.25, 0.3) is 0 Å². The lowest BCUT2D eigenvalue weighted by Crippen LogP contribution is -2.30. The third-order valence-corrected chi connectivity index (χ3v) is 22.8. The number of rotatable bonds is 85. The lowest BCUT2D eigenvalue weighted by Gasteiger charge is -2.21. The van der Waals surface area contributed by atoms with Crippen molar-refractivity contribution in [2.75, 3.05) is 39.6 Å². The number of unbranched alkanes of at least 4 members (excludes halogenated alkanes) is 53. The van der Waals surface area contributed by atoms with Gasteiger partial charge >= 0.3 is 39.5 Å². The van der Waals surface area contributed by atoms with Gasteiger partial charge in [0.25, 0.3) is 0 Å². The van der Waals surface area contributed by atoms with Gasteiger partial charge in [0.05, 0.1) is 26.4 Å². The topological polar surface area (TPSA) is 237 Å². The summed E-state index contributed by atoms with van der Waals surface area (Å²) in [5, 5.41) is 10.7. The molecule has 0 spiro atoms. The fourth-order valence-electron chi connectivity index (χ4n) is 13.4. The molecule has 0 aromatic rings.